The molecule has 0 aliphatic carbocycles. The highest BCUT2D eigenvalue weighted by atomic mass is 35.5. The Hall–Kier alpha value is -2.57. The van der Waals surface area contributed by atoms with Crippen molar-refractivity contribution in [3.8, 4) is 0 Å². The van der Waals surface area contributed by atoms with Crippen molar-refractivity contribution in [1.82, 2.24) is 10.6 Å². The van der Waals surface area contributed by atoms with Crippen molar-refractivity contribution in [2.45, 2.75) is 39.3 Å². The molecule has 0 saturated carbocycles. The Morgan fingerprint density at radius 1 is 0.968 bits per heavy atom. The number of nitrogens with one attached hydrogen (secondary N) is 2. The van der Waals surface area contributed by atoms with Crippen molar-refractivity contribution in [3.05, 3.63) is 69.7 Å². The topological polar surface area (TPSA) is 84.5 Å². The summed E-state index contributed by atoms with van der Waals surface area (Å²) in [6.07, 6.45) is 0.638. The van der Waals surface area contributed by atoms with E-state index < -0.39 is 30.4 Å². The summed E-state index contributed by atoms with van der Waals surface area (Å²) >= 11 is 11.8. The van der Waals surface area contributed by atoms with E-state index in [9.17, 15) is 14.4 Å². The molecule has 166 valence electrons. The Bertz CT molecular complexity index is 918. The van der Waals surface area contributed by atoms with Crippen LogP contribution in [0.2, 0.25) is 10.0 Å². The first kappa shape index (κ1) is 24.7. The van der Waals surface area contributed by atoms with E-state index in [1.165, 1.54) is 0 Å². The normalized spacial score (nSPS) is 13.6. The van der Waals surface area contributed by atoms with Crippen molar-refractivity contribution in [1.29, 1.82) is 0 Å². The smallest absolute Gasteiger partial charge is 0.329 e. The molecule has 2 aromatic rings. The summed E-state index contributed by atoms with van der Waals surface area (Å²) in [5.74, 6) is -1.72. The number of rotatable bonds is 9. The maximum Gasteiger partial charge on any atom is 0.329 e. The zero-order chi connectivity index (χ0) is 23.0. The largest absolute Gasteiger partial charge is 0.454 e. The fourth-order valence-corrected chi connectivity index (χ4v) is 3.19. The average Bonchev–Trinajstić information content (AvgIpc) is 2.75. The summed E-state index contributed by atoms with van der Waals surface area (Å²) in [5, 5.41) is 6.53. The molecule has 0 fully saturated rings. The number of benzene rings is 2. The zero-order valence-corrected chi connectivity index (χ0v) is 19.2. The van der Waals surface area contributed by atoms with Gasteiger partial charge in [0.05, 0.1) is 6.04 Å². The first-order valence-electron chi connectivity index (χ1n) is 9.99. The van der Waals surface area contributed by atoms with Gasteiger partial charge in [-0.15, -0.1) is 0 Å². The first-order valence-corrected chi connectivity index (χ1v) is 10.7. The number of carbonyl (C=O) groups is 3. The molecule has 0 aliphatic rings. The van der Waals surface area contributed by atoms with Crippen LogP contribution in [0, 0.1) is 5.92 Å². The van der Waals surface area contributed by atoms with Gasteiger partial charge >= 0.3 is 5.97 Å². The van der Waals surface area contributed by atoms with Crippen LogP contribution in [0.3, 0.4) is 0 Å². The fraction of sp³-hybridized carbons (Fsp3) is 0.348. The van der Waals surface area contributed by atoms with Crippen molar-refractivity contribution < 1.29 is 19.1 Å². The lowest BCUT2D eigenvalue weighted by molar-refractivity contribution is -0.151. The molecular formula is C23H26Cl2N2O4. The van der Waals surface area contributed by atoms with Crippen LogP contribution in [0.1, 0.15) is 49.2 Å². The average molecular weight is 465 g/mol. The molecule has 31 heavy (non-hydrogen) atoms. The predicted molar refractivity (Wildman–Crippen MR) is 121 cm³/mol. The standard InChI is InChI=1S/C23H26Cl2N2O4/c1-4-14(2)21(27-22(29)16-8-10-18(24)11-9-16)23(30)31-13-20(28)26-15(3)17-6-5-7-19(25)12-17/h5-12,14-15,21H,4,13H2,1-3H3,(H,26,28)(H,27,29)/t14-,15?,21-/m0/s1. The number of halogens is 2. The Kier molecular flexibility index (Phi) is 9.34. The van der Waals surface area contributed by atoms with Crippen LogP contribution >= 0.6 is 23.2 Å². The second kappa shape index (κ2) is 11.7. The van der Waals surface area contributed by atoms with Crippen LogP contribution in [0.5, 0.6) is 0 Å². The highest BCUT2D eigenvalue weighted by Gasteiger charge is 2.28. The lowest BCUT2D eigenvalue weighted by atomic mass is 9.99. The van der Waals surface area contributed by atoms with E-state index in [1.807, 2.05) is 19.9 Å². The van der Waals surface area contributed by atoms with E-state index in [0.29, 0.717) is 22.0 Å². The lowest BCUT2D eigenvalue weighted by Gasteiger charge is -2.23. The molecule has 2 rings (SSSR count). The molecular weight excluding hydrogens is 439 g/mol. The number of esters is 1. The quantitative estimate of drug-likeness (QED) is 0.532. The fourth-order valence-electron chi connectivity index (χ4n) is 2.86. The highest BCUT2D eigenvalue weighted by molar-refractivity contribution is 6.30. The maximum absolute atomic E-state index is 12.6. The maximum atomic E-state index is 12.6. The molecule has 1 unspecified atom stereocenters. The van der Waals surface area contributed by atoms with E-state index in [0.717, 1.165) is 5.56 Å². The number of ether oxygens (including phenoxy) is 1. The highest BCUT2D eigenvalue weighted by Crippen LogP contribution is 2.17. The lowest BCUT2D eigenvalue weighted by Crippen LogP contribution is -2.46. The van der Waals surface area contributed by atoms with Gasteiger partial charge < -0.3 is 15.4 Å². The molecule has 0 spiro atoms. The Labute approximate surface area is 192 Å². The van der Waals surface area contributed by atoms with Gasteiger partial charge in [-0.25, -0.2) is 4.79 Å². The third-order valence-electron chi connectivity index (χ3n) is 4.93. The Morgan fingerprint density at radius 2 is 1.65 bits per heavy atom. The molecule has 3 atom stereocenters. The molecule has 2 aromatic carbocycles. The van der Waals surface area contributed by atoms with Crippen molar-refractivity contribution in [2.75, 3.05) is 6.61 Å². The van der Waals surface area contributed by atoms with Gasteiger partial charge in [0, 0.05) is 15.6 Å². The second-order valence-corrected chi connectivity index (χ2v) is 8.17. The molecule has 0 heterocycles. The van der Waals surface area contributed by atoms with Gasteiger partial charge in [-0.05, 0) is 54.8 Å². The Balaban J connectivity index is 1.94. The van der Waals surface area contributed by atoms with Gasteiger partial charge in [0.15, 0.2) is 6.61 Å². The molecule has 2 amide bonds. The van der Waals surface area contributed by atoms with Crippen LogP contribution in [0.15, 0.2) is 48.5 Å². The van der Waals surface area contributed by atoms with E-state index in [1.54, 1.807) is 49.4 Å². The zero-order valence-electron chi connectivity index (χ0n) is 17.7. The molecule has 0 aromatic heterocycles. The third kappa shape index (κ3) is 7.56. The van der Waals surface area contributed by atoms with Gasteiger partial charge in [-0.2, -0.15) is 0 Å². The van der Waals surface area contributed by atoms with Crippen molar-refractivity contribution in [2.24, 2.45) is 5.92 Å². The molecule has 8 heteroatoms. The minimum atomic E-state index is -0.883. The molecule has 6 nitrogen and oxygen atoms in total. The van der Waals surface area contributed by atoms with Crippen LogP contribution < -0.4 is 10.6 Å². The van der Waals surface area contributed by atoms with Gasteiger partial charge in [-0.3, -0.25) is 9.59 Å². The number of carbonyl (C=O) groups excluding carboxylic acids is 3. The van der Waals surface area contributed by atoms with Crippen molar-refractivity contribution >= 4 is 41.0 Å². The van der Waals surface area contributed by atoms with Crippen LogP contribution in [-0.2, 0) is 14.3 Å². The summed E-state index contributed by atoms with van der Waals surface area (Å²) in [6.45, 7) is 5.08. The van der Waals surface area contributed by atoms with Gasteiger partial charge in [0.1, 0.15) is 6.04 Å². The molecule has 0 radical (unpaired) electrons. The monoisotopic (exact) mass is 464 g/mol. The summed E-state index contributed by atoms with van der Waals surface area (Å²) in [5.41, 5.74) is 1.21. The van der Waals surface area contributed by atoms with Gasteiger partial charge in [0.2, 0.25) is 0 Å². The van der Waals surface area contributed by atoms with E-state index in [4.69, 9.17) is 27.9 Å². The van der Waals surface area contributed by atoms with Gasteiger partial charge in [-0.1, -0.05) is 55.6 Å². The summed E-state index contributed by atoms with van der Waals surface area (Å²) < 4.78 is 5.19. The van der Waals surface area contributed by atoms with E-state index in [2.05, 4.69) is 10.6 Å². The minimum absolute atomic E-state index is 0.183. The summed E-state index contributed by atoms with van der Waals surface area (Å²) in [4.78, 5) is 37.4. The summed E-state index contributed by atoms with van der Waals surface area (Å²) in [6, 6.07) is 12.3. The Morgan fingerprint density at radius 3 is 2.26 bits per heavy atom. The van der Waals surface area contributed by atoms with E-state index >= 15 is 0 Å². The third-order valence-corrected chi connectivity index (χ3v) is 5.42. The van der Waals surface area contributed by atoms with E-state index in [-0.39, 0.29) is 12.0 Å². The summed E-state index contributed by atoms with van der Waals surface area (Å²) in [7, 11) is 0. The van der Waals surface area contributed by atoms with Crippen molar-refractivity contribution in [3.63, 3.8) is 0 Å². The second-order valence-electron chi connectivity index (χ2n) is 7.30. The molecule has 0 aliphatic heterocycles. The minimum Gasteiger partial charge on any atom is -0.454 e. The number of hydrogen-bond acceptors (Lipinski definition) is 4. The predicted octanol–water partition coefficient (Wildman–Crippen LogP) is 4.56. The van der Waals surface area contributed by atoms with Gasteiger partial charge in [0.25, 0.3) is 11.8 Å². The van der Waals surface area contributed by atoms with Crippen LogP contribution in [-0.4, -0.2) is 30.4 Å². The first-order chi connectivity index (χ1) is 14.7. The van der Waals surface area contributed by atoms with Crippen LogP contribution in [0.25, 0.3) is 0 Å². The molecule has 2 N–H and O–H groups in total. The molecule has 0 bridgehead atoms. The molecule has 0 saturated heterocycles. The number of amides is 2. The van der Waals surface area contributed by atoms with Crippen LogP contribution in [0.4, 0.5) is 0 Å². The SMILES string of the molecule is CC[C@H](C)[C@H](NC(=O)c1ccc(Cl)cc1)C(=O)OCC(=O)NC(C)c1cccc(Cl)c1. The number of hydrogen-bond donors (Lipinski definition) is 2.